The van der Waals surface area contributed by atoms with E-state index in [4.69, 9.17) is 0 Å². The molecule has 1 aromatic heterocycles. The van der Waals surface area contributed by atoms with E-state index in [0.29, 0.717) is 6.20 Å². The highest BCUT2D eigenvalue weighted by Crippen LogP contribution is 2.29. The van der Waals surface area contributed by atoms with Crippen LogP contribution in [0.2, 0.25) is 0 Å². The Morgan fingerprint density at radius 3 is 2.47 bits per heavy atom. The van der Waals surface area contributed by atoms with Crippen molar-refractivity contribution in [1.82, 2.24) is 10.3 Å². The van der Waals surface area contributed by atoms with Gasteiger partial charge in [-0.25, -0.2) is 0 Å². The van der Waals surface area contributed by atoms with E-state index >= 15 is 0 Å². The number of hydrogen-bond acceptors (Lipinski definition) is 4. The van der Waals surface area contributed by atoms with E-state index in [1.165, 1.54) is 6.92 Å². The summed E-state index contributed by atoms with van der Waals surface area (Å²) in [6.45, 7) is 1.01. The van der Waals surface area contributed by atoms with Crippen LogP contribution in [0.1, 0.15) is 24.3 Å². The number of carbonyl (C=O) groups is 1. The molecule has 3 N–H and O–H groups in total. The second-order valence-corrected chi connectivity index (χ2v) is 3.92. The summed E-state index contributed by atoms with van der Waals surface area (Å²) in [5.41, 5.74) is -1.05. The van der Waals surface area contributed by atoms with Gasteiger partial charge in [-0.2, -0.15) is 13.2 Å². The van der Waals surface area contributed by atoms with Crippen LogP contribution >= 0.6 is 0 Å². The van der Waals surface area contributed by atoms with Crippen molar-refractivity contribution in [3.05, 3.63) is 29.6 Å². The van der Waals surface area contributed by atoms with Crippen LogP contribution in [0, 0.1) is 0 Å². The number of aliphatic hydroxyl groups excluding tert-OH is 2. The first-order valence-electron chi connectivity index (χ1n) is 5.35. The van der Waals surface area contributed by atoms with Crippen LogP contribution in [0.3, 0.4) is 0 Å². The first kappa shape index (κ1) is 15.4. The Balaban J connectivity index is 2.72. The van der Waals surface area contributed by atoms with Crippen molar-refractivity contribution in [2.24, 2.45) is 0 Å². The number of halogens is 3. The molecule has 5 nitrogen and oxygen atoms in total. The Morgan fingerprint density at radius 1 is 1.42 bits per heavy atom. The molecular weight excluding hydrogens is 265 g/mol. The summed E-state index contributed by atoms with van der Waals surface area (Å²) < 4.78 is 36.9. The third kappa shape index (κ3) is 4.49. The highest BCUT2D eigenvalue weighted by molar-refractivity contribution is 5.72. The standard InChI is InChI=1S/C11H13F3N2O3/c1-6(17)15-5-9(18)10(19)8-3-2-7(4-16-8)11(12,13)14/h2-4,9-10,18-19H,5H2,1H3,(H,15,17). The number of pyridine rings is 1. The van der Waals surface area contributed by atoms with Gasteiger partial charge in [0.05, 0.1) is 11.3 Å². The number of alkyl halides is 3. The molecule has 2 atom stereocenters. The normalized spacial score (nSPS) is 14.8. The molecule has 0 fully saturated rings. The molecule has 0 bridgehead atoms. The van der Waals surface area contributed by atoms with Gasteiger partial charge in [0.25, 0.3) is 0 Å². The fourth-order valence-corrected chi connectivity index (χ4v) is 1.30. The molecule has 0 saturated carbocycles. The molecule has 0 spiro atoms. The maximum atomic E-state index is 12.3. The zero-order valence-corrected chi connectivity index (χ0v) is 9.98. The van der Waals surface area contributed by atoms with E-state index in [9.17, 15) is 28.2 Å². The van der Waals surface area contributed by atoms with Crippen LogP contribution in [-0.2, 0) is 11.0 Å². The lowest BCUT2D eigenvalue weighted by Gasteiger charge is -2.17. The van der Waals surface area contributed by atoms with E-state index in [2.05, 4.69) is 10.3 Å². The van der Waals surface area contributed by atoms with Crippen LogP contribution in [0.15, 0.2) is 18.3 Å². The largest absolute Gasteiger partial charge is 0.417 e. The monoisotopic (exact) mass is 278 g/mol. The van der Waals surface area contributed by atoms with Gasteiger partial charge in [-0.15, -0.1) is 0 Å². The zero-order chi connectivity index (χ0) is 14.6. The number of hydrogen-bond donors (Lipinski definition) is 3. The van der Waals surface area contributed by atoms with Crippen LogP contribution in [-0.4, -0.2) is 33.8 Å². The molecule has 0 aliphatic heterocycles. The number of aliphatic hydroxyl groups is 2. The topological polar surface area (TPSA) is 82.5 Å². The van der Waals surface area contributed by atoms with Gasteiger partial charge in [0.2, 0.25) is 5.91 Å². The Bertz CT molecular complexity index is 434. The second-order valence-electron chi connectivity index (χ2n) is 3.92. The van der Waals surface area contributed by atoms with Gasteiger partial charge >= 0.3 is 6.18 Å². The number of nitrogens with one attached hydrogen (secondary N) is 1. The smallest absolute Gasteiger partial charge is 0.388 e. The van der Waals surface area contributed by atoms with Crippen molar-refractivity contribution in [3.8, 4) is 0 Å². The number of amides is 1. The Morgan fingerprint density at radius 2 is 2.05 bits per heavy atom. The highest BCUT2D eigenvalue weighted by atomic mass is 19.4. The number of rotatable bonds is 4. The number of nitrogens with zero attached hydrogens (tertiary/aromatic N) is 1. The third-order valence-electron chi connectivity index (χ3n) is 2.34. The van der Waals surface area contributed by atoms with Gasteiger partial charge in [-0.3, -0.25) is 9.78 Å². The quantitative estimate of drug-likeness (QED) is 0.754. The minimum absolute atomic E-state index is 0.106. The van der Waals surface area contributed by atoms with Gasteiger partial charge in [0.15, 0.2) is 0 Å². The van der Waals surface area contributed by atoms with Gasteiger partial charge in [0, 0.05) is 19.7 Å². The van der Waals surface area contributed by atoms with Crippen molar-refractivity contribution in [3.63, 3.8) is 0 Å². The van der Waals surface area contributed by atoms with E-state index in [0.717, 1.165) is 12.1 Å². The predicted octanol–water partition coefficient (Wildman–Crippen LogP) is 0.631. The Labute approximate surface area is 107 Å². The van der Waals surface area contributed by atoms with Crippen LogP contribution in [0.4, 0.5) is 13.2 Å². The molecule has 19 heavy (non-hydrogen) atoms. The molecular formula is C11H13F3N2O3. The molecule has 0 aliphatic rings. The molecule has 1 heterocycles. The summed E-state index contributed by atoms with van der Waals surface area (Å²) in [7, 11) is 0. The lowest BCUT2D eigenvalue weighted by atomic mass is 10.1. The second kappa shape index (κ2) is 5.98. The molecule has 1 rings (SSSR count). The molecule has 106 valence electrons. The highest BCUT2D eigenvalue weighted by Gasteiger charge is 2.31. The van der Waals surface area contributed by atoms with E-state index in [-0.39, 0.29) is 12.2 Å². The summed E-state index contributed by atoms with van der Waals surface area (Å²) in [6.07, 6.45) is -6.77. The van der Waals surface area contributed by atoms with Crippen LogP contribution in [0.25, 0.3) is 0 Å². The Kier molecular flexibility index (Phi) is 4.84. The van der Waals surface area contributed by atoms with Crippen LogP contribution in [0.5, 0.6) is 0 Å². The minimum atomic E-state index is -4.51. The molecule has 0 aromatic carbocycles. The van der Waals surface area contributed by atoms with Gasteiger partial charge in [-0.1, -0.05) is 0 Å². The van der Waals surface area contributed by atoms with Crippen LogP contribution < -0.4 is 5.32 Å². The summed E-state index contributed by atoms with van der Waals surface area (Å²) in [5.74, 6) is -0.397. The SMILES string of the molecule is CC(=O)NCC(O)C(O)c1ccc(C(F)(F)F)cn1. The summed E-state index contributed by atoms with van der Waals surface area (Å²) in [6, 6.07) is 1.74. The third-order valence-corrected chi connectivity index (χ3v) is 2.34. The van der Waals surface area contributed by atoms with Crippen molar-refractivity contribution in [1.29, 1.82) is 0 Å². The fraction of sp³-hybridized carbons (Fsp3) is 0.455. The average Bonchev–Trinajstić information content (AvgIpc) is 2.34. The lowest BCUT2D eigenvalue weighted by Crippen LogP contribution is -2.34. The summed E-state index contributed by atoms with van der Waals surface area (Å²) in [5, 5.41) is 21.4. The summed E-state index contributed by atoms with van der Waals surface area (Å²) >= 11 is 0. The van der Waals surface area contributed by atoms with Crippen molar-refractivity contribution < 1.29 is 28.2 Å². The molecule has 0 saturated heterocycles. The molecule has 0 aliphatic carbocycles. The average molecular weight is 278 g/mol. The first-order valence-corrected chi connectivity index (χ1v) is 5.35. The van der Waals surface area contributed by atoms with E-state index in [1.807, 2.05) is 0 Å². The number of carbonyl (C=O) groups excluding carboxylic acids is 1. The fourth-order valence-electron chi connectivity index (χ4n) is 1.30. The zero-order valence-electron chi connectivity index (χ0n) is 9.98. The number of aromatic nitrogens is 1. The Hall–Kier alpha value is -1.67. The molecule has 2 unspecified atom stereocenters. The first-order chi connectivity index (χ1) is 8.71. The van der Waals surface area contributed by atoms with Crippen molar-refractivity contribution >= 4 is 5.91 Å². The molecule has 8 heteroatoms. The van der Waals surface area contributed by atoms with Crippen molar-refractivity contribution in [2.75, 3.05) is 6.54 Å². The summed E-state index contributed by atoms with van der Waals surface area (Å²) in [4.78, 5) is 14.1. The maximum Gasteiger partial charge on any atom is 0.417 e. The molecule has 1 aromatic rings. The van der Waals surface area contributed by atoms with Gasteiger partial charge in [-0.05, 0) is 12.1 Å². The predicted molar refractivity (Wildman–Crippen MR) is 58.9 cm³/mol. The molecule has 0 radical (unpaired) electrons. The minimum Gasteiger partial charge on any atom is -0.388 e. The lowest BCUT2D eigenvalue weighted by molar-refractivity contribution is -0.137. The van der Waals surface area contributed by atoms with Gasteiger partial charge in [0.1, 0.15) is 12.2 Å². The maximum absolute atomic E-state index is 12.3. The van der Waals surface area contributed by atoms with Gasteiger partial charge < -0.3 is 15.5 Å². The molecule has 1 amide bonds. The van der Waals surface area contributed by atoms with E-state index < -0.39 is 29.9 Å². The van der Waals surface area contributed by atoms with Crippen molar-refractivity contribution in [2.45, 2.75) is 25.3 Å². The van der Waals surface area contributed by atoms with E-state index in [1.54, 1.807) is 0 Å².